The smallest absolute Gasteiger partial charge is 0.126 e. The van der Waals surface area contributed by atoms with Crippen molar-refractivity contribution in [3.8, 4) is 5.75 Å². The van der Waals surface area contributed by atoms with Crippen LogP contribution in [0.3, 0.4) is 0 Å². The van der Waals surface area contributed by atoms with Crippen LogP contribution in [0.25, 0.3) is 10.8 Å². The largest absolute Gasteiger partial charge is 0.507 e. The molecule has 0 amide bonds. The van der Waals surface area contributed by atoms with E-state index in [-0.39, 0.29) is 10.7 Å². The third kappa shape index (κ3) is 1.32. The van der Waals surface area contributed by atoms with Crippen LogP contribution in [0.4, 0.5) is 0 Å². The lowest BCUT2D eigenvalue weighted by atomic mass is 10.0. The summed E-state index contributed by atoms with van der Waals surface area (Å²) in [7, 11) is 0. The lowest BCUT2D eigenvalue weighted by molar-refractivity contribution is 0.475. The van der Waals surface area contributed by atoms with Crippen molar-refractivity contribution in [2.24, 2.45) is 5.73 Å². The number of benzene rings is 2. The molecule has 0 saturated heterocycles. The number of hydrogen-bond donors (Lipinski definition) is 2. The molecule has 0 aliphatic rings. The summed E-state index contributed by atoms with van der Waals surface area (Å²) < 4.78 is 0. The van der Waals surface area contributed by atoms with Gasteiger partial charge in [-0.1, -0.05) is 42.5 Å². The molecule has 0 aliphatic heterocycles. The molecule has 2 nitrogen and oxygen atoms in total. The molecule has 0 fully saturated rings. The van der Waals surface area contributed by atoms with Crippen molar-refractivity contribution < 1.29 is 5.11 Å². The third-order valence-electron chi connectivity index (χ3n) is 2.15. The van der Waals surface area contributed by atoms with Gasteiger partial charge in [-0.2, -0.15) is 0 Å². The van der Waals surface area contributed by atoms with Crippen LogP contribution in [0.1, 0.15) is 5.56 Å². The van der Waals surface area contributed by atoms with Gasteiger partial charge in [-0.05, 0) is 16.8 Å². The molecule has 0 aliphatic carbocycles. The molecule has 2 aromatic carbocycles. The standard InChI is InChI=1S/C11H9NOS/c12-11(14)10-8-4-2-1-3-7(8)5-6-9(10)13/h1-6,13H,(H2,12,14). The van der Waals surface area contributed by atoms with E-state index in [9.17, 15) is 5.11 Å². The molecule has 14 heavy (non-hydrogen) atoms. The number of phenolic OH excluding ortho intramolecular Hbond substituents is 1. The summed E-state index contributed by atoms with van der Waals surface area (Å²) in [5.74, 6) is 0.135. The zero-order chi connectivity index (χ0) is 10.1. The van der Waals surface area contributed by atoms with Gasteiger partial charge in [-0.15, -0.1) is 0 Å². The average molecular weight is 203 g/mol. The number of hydrogen-bond acceptors (Lipinski definition) is 2. The molecular formula is C11H9NOS. The van der Waals surface area contributed by atoms with Gasteiger partial charge in [0, 0.05) is 0 Å². The Hall–Kier alpha value is -1.61. The molecule has 0 atom stereocenters. The molecule has 3 N–H and O–H groups in total. The van der Waals surface area contributed by atoms with Gasteiger partial charge in [0.25, 0.3) is 0 Å². The van der Waals surface area contributed by atoms with Crippen molar-refractivity contribution in [2.75, 3.05) is 0 Å². The van der Waals surface area contributed by atoms with Crippen molar-refractivity contribution >= 4 is 28.0 Å². The average Bonchev–Trinajstić information content (AvgIpc) is 2.17. The van der Waals surface area contributed by atoms with E-state index >= 15 is 0 Å². The summed E-state index contributed by atoms with van der Waals surface area (Å²) in [5, 5.41) is 11.5. The van der Waals surface area contributed by atoms with Crippen LogP contribution in [0.15, 0.2) is 36.4 Å². The quantitative estimate of drug-likeness (QED) is 0.698. The van der Waals surface area contributed by atoms with Gasteiger partial charge in [0.15, 0.2) is 0 Å². The van der Waals surface area contributed by atoms with Crippen molar-refractivity contribution in [1.29, 1.82) is 0 Å². The Labute approximate surface area is 87.0 Å². The van der Waals surface area contributed by atoms with Crippen LogP contribution in [-0.4, -0.2) is 10.1 Å². The van der Waals surface area contributed by atoms with Crippen LogP contribution >= 0.6 is 12.2 Å². The van der Waals surface area contributed by atoms with E-state index < -0.39 is 0 Å². The second kappa shape index (κ2) is 3.27. The number of thiocarbonyl (C=S) groups is 1. The first-order valence-electron chi connectivity index (χ1n) is 4.20. The van der Waals surface area contributed by atoms with Crippen LogP contribution < -0.4 is 5.73 Å². The van der Waals surface area contributed by atoms with Crippen molar-refractivity contribution in [3.05, 3.63) is 42.0 Å². The number of phenols is 1. The Morgan fingerprint density at radius 2 is 1.86 bits per heavy atom. The zero-order valence-corrected chi connectivity index (χ0v) is 8.21. The predicted octanol–water partition coefficient (Wildman–Crippen LogP) is 2.18. The molecule has 0 heterocycles. The number of aromatic hydroxyl groups is 1. The summed E-state index contributed by atoms with van der Waals surface area (Å²) in [6.45, 7) is 0. The lowest BCUT2D eigenvalue weighted by Gasteiger charge is -2.06. The molecule has 2 aromatic rings. The highest BCUT2D eigenvalue weighted by Crippen LogP contribution is 2.26. The van der Waals surface area contributed by atoms with Crippen LogP contribution in [0.5, 0.6) is 5.75 Å². The molecule has 0 radical (unpaired) electrons. The first-order chi connectivity index (χ1) is 6.70. The molecule has 0 spiro atoms. The van der Waals surface area contributed by atoms with Crippen molar-refractivity contribution in [2.45, 2.75) is 0 Å². The van der Waals surface area contributed by atoms with Gasteiger partial charge in [-0.3, -0.25) is 0 Å². The van der Waals surface area contributed by atoms with Gasteiger partial charge in [0.2, 0.25) is 0 Å². The molecule has 70 valence electrons. The number of rotatable bonds is 1. The topological polar surface area (TPSA) is 46.2 Å². The highest BCUT2D eigenvalue weighted by Gasteiger charge is 2.08. The minimum atomic E-state index is 0.135. The Balaban J connectivity index is 2.90. The van der Waals surface area contributed by atoms with E-state index in [0.717, 1.165) is 10.8 Å². The molecule has 0 unspecified atom stereocenters. The van der Waals surface area contributed by atoms with Crippen LogP contribution in [0, 0.1) is 0 Å². The molecular weight excluding hydrogens is 194 g/mol. The van der Waals surface area contributed by atoms with E-state index in [2.05, 4.69) is 0 Å². The van der Waals surface area contributed by atoms with Gasteiger partial charge in [-0.25, -0.2) is 0 Å². The van der Waals surface area contributed by atoms with Crippen LogP contribution in [-0.2, 0) is 0 Å². The zero-order valence-electron chi connectivity index (χ0n) is 7.40. The fourth-order valence-electron chi connectivity index (χ4n) is 1.52. The monoisotopic (exact) mass is 203 g/mol. The van der Waals surface area contributed by atoms with Crippen LogP contribution in [0.2, 0.25) is 0 Å². The first kappa shape index (κ1) is 8.97. The lowest BCUT2D eigenvalue weighted by Crippen LogP contribution is -2.10. The van der Waals surface area contributed by atoms with E-state index in [0.29, 0.717) is 5.56 Å². The Kier molecular flexibility index (Phi) is 2.09. The molecule has 0 bridgehead atoms. The molecule has 2 rings (SSSR count). The fourth-order valence-corrected chi connectivity index (χ4v) is 1.73. The normalized spacial score (nSPS) is 10.3. The maximum Gasteiger partial charge on any atom is 0.126 e. The molecule has 0 saturated carbocycles. The van der Waals surface area contributed by atoms with E-state index in [1.807, 2.05) is 30.3 Å². The highest BCUT2D eigenvalue weighted by atomic mass is 32.1. The van der Waals surface area contributed by atoms with Gasteiger partial charge >= 0.3 is 0 Å². The van der Waals surface area contributed by atoms with E-state index in [1.165, 1.54) is 0 Å². The maximum absolute atomic E-state index is 9.61. The van der Waals surface area contributed by atoms with Crippen molar-refractivity contribution in [3.63, 3.8) is 0 Å². The maximum atomic E-state index is 9.61. The summed E-state index contributed by atoms with van der Waals surface area (Å²) in [6.07, 6.45) is 0. The fraction of sp³-hybridized carbons (Fsp3) is 0. The SMILES string of the molecule is NC(=S)c1c(O)ccc2ccccc12. The van der Waals surface area contributed by atoms with E-state index in [1.54, 1.807) is 6.07 Å². The summed E-state index contributed by atoms with van der Waals surface area (Å²) in [6, 6.07) is 11.1. The Morgan fingerprint density at radius 1 is 1.14 bits per heavy atom. The molecule has 0 aromatic heterocycles. The summed E-state index contributed by atoms with van der Waals surface area (Å²) in [4.78, 5) is 0.222. The predicted molar refractivity (Wildman–Crippen MR) is 61.5 cm³/mol. The summed E-state index contributed by atoms with van der Waals surface area (Å²) in [5.41, 5.74) is 6.11. The minimum Gasteiger partial charge on any atom is -0.507 e. The third-order valence-corrected chi connectivity index (χ3v) is 2.36. The Bertz CT molecular complexity index is 508. The number of fused-ring (bicyclic) bond motifs is 1. The minimum absolute atomic E-state index is 0.135. The Morgan fingerprint density at radius 3 is 2.57 bits per heavy atom. The number of nitrogens with two attached hydrogens (primary N) is 1. The summed E-state index contributed by atoms with van der Waals surface area (Å²) >= 11 is 4.89. The van der Waals surface area contributed by atoms with Gasteiger partial charge < -0.3 is 10.8 Å². The highest BCUT2D eigenvalue weighted by molar-refractivity contribution is 7.80. The van der Waals surface area contributed by atoms with Gasteiger partial charge in [0.1, 0.15) is 10.7 Å². The van der Waals surface area contributed by atoms with Crippen molar-refractivity contribution in [1.82, 2.24) is 0 Å². The second-order valence-corrected chi connectivity index (χ2v) is 3.48. The second-order valence-electron chi connectivity index (χ2n) is 3.05. The first-order valence-corrected chi connectivity index (χ1v) is 4.61. The molecule has 3 heteroatoms. The van der Waals surface area contributed by atoms with E-state index in [4.69, 9.17) is 18.0 Å². The van der Waals surface area contributed by atoms with Gasteiger partial charge in [0.05, 0.1) is 5.56 Å².